The summed E-state index contributed by atoms with van der Waals surface area (Å²) in [5.74, 6) is 0. The molecule has 0 N–H and O–H groups in total. The van der Waals surface area contributed by atoms with Crippen molar-refractivity contribution < 1.29 is 8.42 Å². The quantitative estimate of drug-likeness (QED) is 0.832. The van der Waals surface area contributed by atoms with Crippen LogP contribution in [0.2, 0.25) is 0 Å². The van der Waals surface area contributed by atoms with Crippen LogP contribution < -0.4 is 0 Å². The molecule has 0 aromatic heterocycles. The number of sulfonamides is 1. The van der Waals surface area contributed by atoms with Crippen LogP contribution >= 0.6 is 0 Å². The topological polar surface area (TPSA) is 40.6 Å². The summed E-state index contributed by atoms with van der Waals surface area (Å²) in [6.45, 7) is 1.86. The Morgan fingerprint density at radius 3 is 2.56 bits per heavy atom. The van der Waals surface area contributed by atoms with Crippen LogP contribution in [0.5, 0.6) is 0 Å². The number of likely N-dealkylation sites (tertiary alicyclic amines) is 1. The zero-order valence-electron chi connectivity index (χ0n) is 10.9. The van der Waals surface area contributed by atoms with Gasteiger partial charge in [-0.15, -0.1) is 0 Å². The summed E-state index contributed by atoms with van der Waals surface area (Å²) >= 11 is 0. The van der Waals surface area contributed by atoms with E-state index in [-0.39, 0.29) is 6.04 Å². The maximum atomic E-state index is 12.4. The second kappa shape index (κ2) is 5.38. The van der Waals surface area contributed by atoms with E-state index in [4.69, 9.17) is 0 Å². The van der Waals surface area contributed by atoms with E-state index in [1.54, 1.807) is 31.3 Å². The first kappa shape index (κ1) is 13.5. The van der Waals surface area contributed by atoms with E-state index < -0.39 is 10.0 Å². The molecule has 1 aliphatic rings. The number of likely N-dealkylation sites (N-methyl/N-ethyl adjacent to an activating group) is 2. The van der Waals surface area contributed by atoms with E-state index in [2.05, 4.69) is 4.90 Å². The predicted octanol–water partition coefficient (Wildman–Crippen LogP) is 1.40. The summed E-state index contributed by atoms with van der Waals surface area (Å²) in [6.07, 6.45) is 1.99. The second-order valence-electron chi connectivity index (χ2n) is 4.89. The van der Waals surface area contributed by atoms with Gasteiger partial charge in [-0.25, -0.2) is 8.42 Å². The fourth-order valence-electron chi connectivity index (χ4n) is 2.39. The molecule has 4 nitrogen and oxygen atoms in total. The van der Waals surface area contributed by atoms with E-state index in [0.717, 1.165) is 25.9 Å². The average Bonchev–Trinajstić information content (AvgIpc) is 2.39. The fourth-order valence-corrected chi connectivity index (χ4v) is 3.79. The molecule has 0 bridgehead atoms. The molecule has 0 spiro atoms. The van der Waals surface area contributed by atoms with Crippen LogP contribution in [-0.4, -0.2) is 50.8 Å². The van der Waals surface area contributed by atoms with Gasteiger partial charge in [-0.1, -0.05) is 18.2 Å². The minimum absolute atomic E-state index is 0.0777. The minimum Gasteiger partial charge on any atom is -0.305 e. The van der Waals surface area contributed by atoms with Crippen molar-refractivity contribution in [2.75, 3.05) is 27.2 Å². The van der Waals surface area contributed by atoms with E-state index in [1.165, 1.54) is 4.31 Å². The molecule has 2 rings (SSSR count). The van der Waals surface area contributed by atoms with Crippen molar-refractivity contribution in [3.63, 3.8) is 0 Å². The molecule has 18 heavy (non-hydrogen) atoms. The smallest absolute Gasteiger partial charge is 0.243 e. The number of benzene rings is 1. The monoisotopic (exact) mass is 268 g/mol. The number of piperidine rings is 1. The lowest BCUT2D eigenvalue weighted by molar-refractivity contribution is 0.187. The largest absolute Gasteiger partial charge is 0.305 e. The Labute approximate surface area is 109 Å². The molecule has 0 radical (unpaired) electrons. The summed E-state index contributed by atoms with van der Waals surface area (Å²) < 4.78 is 26.4. The molecule has 0 saturated carbocycles. The lowest BCUT2D eigenvalue weighted by atomic mass is 10.1. The first-order valence-electron chi connectivity index (χ1n) is 6.23. The van der Waals surface area contributed by atoms with Gasteiger partial charge in [0.15, 0.2) is 0 Å². The van der Waals surface area contributed by atoms with Crippen LogP contribution in [0.15, 0.2) is 35.2 Å². The predicted molar refractivity (Wildman–Crippen MR) is 71.9 cm³/mol. The van der Waals surface area contributed by atoms with Crippen LogP contribution in [0.1, 0.15) is 12.8 Å². The Balaban J connectivity index is 2.20. The third-order valence-corrected chi connectivity index (χ3v) is 5.46. The number of hydrogen-bond donors (Lipinski definition) is 0. The van der Waals surface area contributed by atoms with E-state index in [9.17, 15) is 8.42 Å². The van der Waals surface area contributed by atoms with Crippen LogP contribution in [0, 0.1) is 0 Å². The zero-order valence-corrected chi connectivity index (χ0v) is 11.7. The van der Waals surface area contributed by atoms with Crippen LogP contribution in [0.3, 0.4) is 0 Å². The molecule has 100 valence electrons. The van der Waals surface area contributed by atoms with Crippen LogP contribution in [0.25, 0.3) is 0 Å². The van der Waals surface area contributed by atoms with Crippen molar-refractivity contribution in [3.8, 4) is 0 Å². The molecular formula is C13H20N2O2S. The SMILES string of the molecule is CN1CCCC(N(C)S(=O)(=O)c2ccccc2)C1. The fraction of sp³-hybridized carbons (Fsp3) is 0.538. The first-order chi connectivity index (χ1) is 8.51. The molecule has 1 atom stereocenters. The van der Waals surface area contributed by atoms with Gasteiger partial charge in [-0.2, -0.15) is 4.31 Å². The maximum absolute atomic E-state index is 12.4. The minimum atomic E-state index is -3.36. The van der Waals surface area contributed by atoms with Crippen molar-refractivity contribution in [1.82, 2.24) is 9.21 Å². The molecule has 1 saturated heterocycles. The summed E-state index contributed by atoms with van der Waals surface area (Å²) in [5.41, 5.74) is 0. The zero-order chi connectivity index (χ0) is 13.2. The summed E-state index contributed by atoms with van der Waals surface area (Å²) in [6, 6.07) is 8.72. The van der Waals surface area contributed by atoms with Crippen LogP contribution in [-0.2, 0) is 10.0 Å². The highest BCUT2D eigenvalue weighted by atomic mass is 32.2. The molecule has 1 aromatic rings. The van der Waals surface area contributed by atoms with E-state index in [1.807, 2.05) is 13.1 Å². The lowest BCUT2D eigenvalue weighted by Crippen LogP contribution is -2.47. The Morgan fingerprint density at radius 1 is 1.28 bits per heavy atom. The van der Waals surface area contributed by atoms with Gasteiger partial charge in [0.25, 0.3) is 0 Å². The van der Waals surface area contributed by atoms with Crippen molar-refractivity contribution in [3.05, 3.63) is 30.3 Å². The molecule has 0 aliphatic carbocycles. The van der Waals surface area contributed by atoms with Crippen molar-refractivity contribution in [1.29, 1.82) is 0 Å². The average molecular weight is 268 g/mol. The van der Waals surface area contributed by atoms with Gasteiger partial charge in [-0.05, 0) is 38.6 Å². The number of nitrogens with zero attached hydrogens (tertiary/aromatic N) is 2. The molecule has 1 unspecified atom stereocenters. The molecule has 1 fully saturated rings. The highest BCUT2D eigenvalue weighted by molar-refractivity contribution is 7.89. The molecule has 5 heteroatoms. The second-order valence-corrected chi connectivity index (χ2v) is 6.89. The van der Waals surface area contributed by atoms with Crippen LogP contribution in [0.4, 0.5) is 0 Å². The third kappa shape index (κ3) is 2.74. The molecule has 1 aromatic carbocycles. The van der Waals surface area contributed by atoms with Gasteiger partial charge >= 0.3 is 0 Å². The van der Waals surface area contributed by atoms with Gasteiger partial charge in [0.1, 0.15) is 0 Å². The maximum Gasteiger partial charge on any atom is 0.243 e. The lowest BCUT2D eigenvalue weighted by Gasteiger charge is -2.35. The molecular weight excluding hydrogens is 248 g/mol. The van der Waals surface area contributed by atoms with Crippen molar-refractivity contribution >= 4 is 10.0 Å². The Hall–Kier alpha value is -0.910. The Morgan fingerprint density at radius 2 is 1.94 bits per heavy atom. The van der Waals surface area contributed by atoms with Gasteiger partial charge in [0, 0.05) is 19.6 Å². The molecule has 0 amide bonds. The summed E-state index contributed by atoms with van der Waals surface area (Å²) in [7, 11) is 0.368. The summed E-state index contributed by atoms with van der Waals surface area (Å²) in [4.78, 5) is 2.56. The van der Waals surface area contributed by atoms with Gasteiger partial charge in [-0.3, -0.25) is 0 Å². The van der Waals surface area contributed by atoms with Gasteiger partial charge < -0.3 is 4.90 Å². The molecule has 1 aliphatic heterocycles. The highest BCUT2D eigenvalue weighted by Gasteiger charge is 2.30. The third-order valence-electron chi connectivity index (χ3n) is 3.53. The Kier molecular flexibility index (Phi) is 4.04. The Bertz CT molecular complexity index is 487. The normalized spacial score (nSPS) is 22.3. The summed E-state index contributed by atoms with van der Waals surface area (Å²) in [5, 5.41) is 0. The highest BCUT2D eigenvalue weighted by Crippen LogP contribution is 2.21. The van der Waals surface area contributed by atoms with Crippen molar-refractivity contribution in [2.45, 2.75) is 23.8 Å². The standard InChI is InChI=1S/C13H20N2O2S/c1-14-10-6-7-12(11-14)15(2)18(16,17)13-8-4-3-5-9-13/h3-5,8-9,12H,6-7,10-11H2,1-2H3. The van der Waals surface area contributed by atoms with E-state index in [0.29, 0.717) is 4.90 Å². The van der Waals surface area contributed by atoms with Gasteiger partial charge in [0.2, 0.25) is 10.0 Å². The number of hydrogen-bond acceptors (Lipinski definition) is 3. The van der Waals surface area contributed by atoms with Gasteiger partial charge in [0.05, 0.1) is 4.90 Å². The molecule has 1 heterocycles. The van der Waals surface area contributed by atoms with Crippen molar-refractivity contribution in [2.24, 2.45) is 0 Å². The van der Waals surface area contributed by atoms with E-state index >= 15 is 0 Å². The first-order valence-corrected chi connectivity index (χ1v) is 7.67. The number of rotatable bonds is 3.